The standard InChI is InChI=1S/C16H21NO4/c1-11-7-12(10-17-9-11)8-16(14(18)19,15(20)21-2)13-5-3-4-6-13/h7,9-10,13H,3-6,8H2,1-2H3,(H,18,19). The van der Waals surface area contributed by atoms with Gasteiger partial charge in [-0.1, -0.05) is 18.9 Å². The van der Waals surface area contributed by atoms with E-state index in [0.717, 1.165) is 36.8 Å². The number of nitrogens with zero attached hydrogens (tertiary/aromatic N) is 1. The topological polar surface area (TPSA) is 76.5 Å². The molecule has 21 heavy (non-hydrogen) atoms. The number of pyridine rings is 1. The molecule has 0 aromatic carbocycles. The summed E-state index contributed by atoms with van der Waals surface area (Å²) in [5.41, 5.74) is 0.207. The number of carboxylic acid groups (broad SMARTS) is 1. The molecule has 0 bridgehead atoms. The molecule has 0 radical (unpaired) electrons. The first-order valence-corrected chi connectivity index (χ1v) is 7.23. The molecule has 1 aliphatic carbocycles. The second kappa shape index (κ2) is 6.24. The van der Waals surface area contributed by atoms with Crippen molar-refractivity contribution in [1.82, 2.24) is 4.98 Å². The highest BCUT2D eigenvalue weighted by molar-refractivity contribution is 6.00. The molecule has 1 saturated carbocycles. The van der Waals surface area contributed by atoms with Crippen molar-refractivity contribution in [2.75, 3.05) is 7.11 Å². The number of esters is 1. The Morgan fingerprint density at radius 3 is 2.57 bits per heavy atom. The summed E-state index contributed by atoms with van der Waals surface area (Å²) < 4.78 is 4.85. The number of aromatic nitrogens is 1. The smallest absolute Gasteiger partial charge is 0.323 e. The van der Waals surface area contributed by atoms with Crippen LogP contribution in [0.4, 0.5) is 0 Å². The predicted molar refractivity (Wildman–Crippen MR) is 76.7 cm³/mol. The predicted octanol–water partition coefficient (Wildman–Crippen LogP) is 2.37. The van der Waals surface area contributed by atoms with E-state index in [1.165, 1.54) is 7.11 Å². The van der Waals surface area contributed by atoms with E-state index in [1.54, 1.807) is 12.4 Å². The highest BCUT2D eigenvalue weighted by Crippen LogP contribution is 2.43. The van der Waals surface area contributed by atoms with Crippen LogP contribution in [0.2, 0.25) is 0 Å². The number of ether oxygens (including phenoxy) is 1. The van der Waals surface area contributed by atoms with Crippen LogP contribution in [0.5, 0.6) is 0 Å². The molecule has 5 heteroatoms. The van der Waals surface area contributed by atoms with Crippen LogP contribution in [0.3, 0.4) is 0 Å². The van der Waals surface area contributed by atoms with E-state index in [2.05, 4.69) is 4.98 Å². The summed E-state index contributed by atoms with van der Waals surface area (Å²) in [5, 5.41) is 9.80. The Morgan fingerprint density at radius 1 is 1.38 bits per heavy atom. The van der Waals surface area contributed by atoms with Crippen molar-refractivity contribution in [3.63, 3.8) is 0 Å². The Morgan fingerprint density at radius 2 is 2.05 bits per heavy atom. The molecule has 1 heterocycles. The van der Waals surface area contributed by atoms with E-state index in [9.17, 15) is 14.7 Å². The molecule has 0 spiro atoms. The fraction of sp³-hybridized carbons (Fsp3) is 0.562. The van der Waals surface area contributed by atoms with Crippen molar-refractivity contribution >= 4 is 11.9 Å². The second-order valence-corrected chi connectivity index (χ2v) is 5.80. The molecular formula is C16H21NO4. The van der Waals surface area contributed by atoms with Crippen LogP contribution >= 0.6 is 0 Å². The third-order valence-corrected chi connectivity index (χ3v) is 4.40. The van der Waals surface area contributed by atoms with Crippen molar-refractivity contribution in [3.8, 4) is 0 Å². The lowest BCUT2D eigenvalue weighted by Crippen LogP contribution is -2.47. The molecule has 1 aromatic rings. The van der Waals surface area contributed by atoms with Crippen molar-refractivity contribution in [1.29, 1.82) is 0 Å². The zero-order valence-electron chi connectivity index (χ0n) is 12.5. The zero-order chi connectivity index (χ0) is 15.5. The summed E-state index contributed by atoms with van der Waals surface area (Å²) in [6.07, 6.45) is 6.89. The molecule has 0 saturated heterocycles. The average molecular weight is 291 g/mol. The monoisotopic (exact) mass is 291 g/mol. The average Bonchev–Trinajstić information content (AvgIpc) is 2.98. The van der Waals surface area contributed by atoms with Crippen LogP contribution in [0.15, 0.2) is 18.5 Å². The van der Waals surface area contributed by atoms with E-state index in [4.69, 9.17) is 4.74 Å². The van der Waals surface area contributed by atoms with Crippen LogP contribution < -0.4 is 0 Å². The van der Waals surface area contributed by atoms with Gasteiger partial charge in [-0.25, -0.2) is 0 Å². The lowest BCUT2D eigenvalue weighted by molar-refractivity contribution is -0.171. The minimum absolute atomic E-state index is 0.133. The van der Waals surface area contributed by atoms with Crippen LogP contribution in [0.25, 0.3) is 0 Å². The van der Waals surface area contributed by atoms with Gasteiger partial charge in [0.05, 0.1) is 7.11 Å². The minimum atomic E-state index is -1.50. The van der Waals surface area contributed by atoms with Crippen LogP contribution in [0.1, 0.15) is 36.8 Å². The number of aryl methyl sites for hydroxylation is 1. The molecular weight excluding hydrogens is 270 g/mol. The molecule has 114 valence electrons. The Hall–Kier alpha value is -1.91. The summed E-state index contributed by atoms with van der Waals surface area (Å²) in [6.45, 7) is 1.90. The summed E-state index contributed by atoms with van der Waals surface area (Å²) in [6, 6.07) is 1.88. The van der Waals surface area contributed by atoms with Gasteiger partial charge in [0, 0.05) is 18.8 Å². The number of carboxylic acids is 1. The van der Waals surface area contributed by atoms with Gasteiger partial charge >= 0.3 is 11.9 Å². The van der Waals surface area contributed by atoms with Crippen LogP contribution in [-0.4, -0.2) is 29.1 Å². The minimum Gasteiger partial charge on any atom is -0.480 e. The first-order chi connectivity index (χ1) is 10.0. The van der Waals surface area contributed by atoms with Gasteiger partial charge in [0.2, 0.25) is 0 Å². The molecule has 1 unspecified atom stereocenters. The number of hydrogen-bond donors (Lipinski definition) is 1. The fourth-order valence-electron chi connectivity index (χ4n) is 3.36. The van der Waals surface area contributed by atoms with Crippen LogP contribution in [0, 0.1) is 18.3 Å². The van der Waals surface area contributed by atoms with E-state index >= 15 is 0 Å². The number of methoxy groups -OCH3 is 1. The van der Waals surface area contributed by atoms with Crippen molar-refractivity contribution in [2.24, 2.45) is 11.3 Å². The van der Waals surface area contributed by atoms with E-state index in [-0.39, 0.29) is 12.3 Å². The lowest BCUT2D eigenvalue weighted by atomic mass is 9.70. The fourth-order valence-corrected chi connectivity index (χ4v) is 3.36. The summed E-state index contributed by atoms with van der Waals surface area (Å²) in [5.74, 6) is -1.92. The van der Waals surface area contributed by atoms with Gasteiger partial charge in [-0.3, -0.25) is 14.6 Å². The van der Waals surface area contributed by atoms with Gasteiger partial charge in [0.15, 0.2) is 5.41 Å². The third kappa shape index (κ3) is 2.91. The molecule has 1 N–H and O–H groups in total. The highest BCUT2D eigenvalue weighted by atomic mass is 16.5. The first-order valence-electron chi connectivity index (χ1n) is 7.23. The number of carbonyl (C=O) groups is 2. The Balaban J connectivity index is 2.42. The quantitative estimate of drug-likeness (QED) is 0.665. The van der Waals surface area contributed by atoms with Gasteiger partial charge in [-0.2, -0.15) is 0 Å². The maximum absolute atomic E-state index is 12.3. The molecule has 1 aliphatic rings. The Labute approximate surface area is 124 Å². The molecule has 0 amide bonds. The number of carbonyl (C=O) groups excluding carboxylic acids is 1. The van der Waals surface area contributed by atoms with Crippen LogP contribution in [-0.2, 0) is 20.7 Å². The number of rotatable bonds is 5. The molecule has 1 aromatic heterocycles. The third-order valence-electron chi connectivity index (χ3n) is 4.40. The highest BCUT2D eigenvalue weighted by Gasteiger charge is 2.54. The van der Waals surface area contributed by atoms with Gasteiger partial charge in [0.25, 0.3) is 0 Å². The Kier molecular flexibility index (Phi) is 4.60. The van der Waals surface area contributed by atoms with Gasteiger partial charge in [-0.15, -0.1) is 0 Å². The lowest BCUT2D eigenvalue weighted by Gasteiger charge is -2.32. The second-order valence-electron chi connectivity index (χ2n) is 5.80. The summed E-state index contributed by atoms with van der Waals surface area (Å²) >= 11 is 0. The van der Waals surface area contributed by atoms with E-state index < -0.39 is 17.4 Å². The van der Waals surface area contributed by atoms with E-state index in [1.807, 2.05) is 13.0 Å². The van der Waals surface area contributed by atoms with Crippen molar-refractivity contribution in [2.45, 2.75) is 39.0 Å². The number of hydrogen-bond acceptors (Lipinski definition) is 4. The molecule has 2 rings (SSSR count). The SMILES string of the molecule is COC(=O)C(Cc1cncc(C)c1)(C(=O)O)C1CCCC1. The molecule has 1 atom stereocenters. The maximum atomic E-state index is 12.3. The van der Waals surface area contributed by atoms with E-state index in [0.29, 0.717) is 0 Å². The zero-order valence-corrected chi connectivity index (χ0v) is 12.5. The van der Waals surface area contributed by atoms with Gasteiger partial charge < -0.3 is 9.84 Å². The van der Waals surface area contributed by atoms with Gasteiger partial charge in [0.1, 0.15) is 0 Å². The molecule has 5 nitrogen and oxygen atoms in total. The molecule has 0 aliphatic heterocycles. The largest absolute Gasteiger partial charge is 0.480 e. The molecule has 1 fully saturated rings. The van der Waals surface area contributed by atoms with Gasteiger partial charge in [-0.05, 0) is 36.8 Å². The van der Waals surface area contributed by atoms with Crippen molar-refractivity contribution < 1.29 is 19.4 Å². The van der Waals surface area contributed by atoms with Crippen molar-refractivity contribution in [3.05, 3.63) is 29.6 Å². The normalized spacial score (nSPS) is 18.2. The Bertz CT molecular complexity index is 537. The summed E-state index contributed by atoms with van der Waals surface area (Å²) in [4.78, 5) is 28.4. The summed E-state index contributed by atoms with van der Waals surface area (Å²) in [7, 11) is 1.25. The number of aliphatic carboxylic acids is 1. The first kappa shape index (κ1) is 15.5. The maximum Gasteiger partial charge on any atom is 0.323 e.